The van der Waals surface area contributed by atoms with Crippen LogP contribution in [0.15, 0.2) is 34.9 Å². The normalized spacial score (nSPS) is 18.6. The summed E-state index contributed by atoms with van der Waals surface area (Å²) in [5, 5.41) is 7.27. The summed E-state index contributed by atoms with van der Waals surface area (Å²) in [5.41, 5.74) is 1.21. The van der Waals surface area contributed by atoms with Crippen LogP contribution in [0.1, 0.15) is 74.2 Å². The molecule has 5 heteroatoms. The van der Waals surface area contributed by atoms with Gasteiger partial charge in [-0.25, -0.2) is 0 Å². The minimum absolute atomic E-state index is 0.114. The largest absolute Gasteiger partial charge is 0.349 e. The van der Waals surface area contributed by atoms with E-state index in [1.807, 2.05) is 18.2 Å². The average Bonchev–Trinajstić information content (AvgIpc) is 3.33. The Bertz CT molecular complexity index is 705. The van der Waals surface area contributed by atoms with E-state index in [1.54, 1.807) is 0 Å². The number of nitrogens with zero attached hydrogens (tertiary/aromatic N) is 2. The summed E-state index contributed by atoms with van der Waals surface area (Å²) in [6.07, 6.45) is 7.92. The van der Waals surface area contributed by atoms with Crippen LogP contribution in [0.25, 0.3) is 0 Å². The number of rotatable bonds is 8. The van der Waals surface area contributed by atoms with Gasteiger partial charge in [0, 0.05) is 18.8 Å². The lowest BCUT2D eigenvalue weighted by atomic mass is 9.77. The smallest absolute Gasteiger partial charge is 0.226 e. The molecule has 2 aromatic rings. The van der Waals surface area contributed by atoms with Gasteiger partial charge in [0.15, 0.2) is 5.82 Å². The molecule has 2 aliphatic carbocycles. The van der Waals surface area contributed by atoms with Crippen LogP contribution in [0.3, 0.4) is 0 Å². The Morgan fingerprint density at radius 3 is 2.68 bits per heavy atom. The second-order valence-corrected chi connectivity index (χ2v) is 7.32. The Balaban J connectivity index is 1.27. The van der Waals surface area contributed by atoms with Gasteiger partial charge in [0.1, 0.15) is 0 Å². The van der Waals surface area contributed by atoms with Crippen molar-refractivity contribution >= 4 is 5.91 Å². The molecule has 25 heavy (non-hydrogen) atoms. The van der Waals surface area contributed by atoms with Crippen molar-refractivity contribution in [3.8, 4) is 0 Å². The number of hydrogen-bond donors (Lipinski definition) is 1. The van der Waals surface area contributed by atoms with Gasteiger partial charge in [0.2, 0.25) is 11.8 Å². The molecule has 1 heterocycles. The van der Waals surface area contributed by atoms with Crippen molar-refractivity contribution < 1.29 is 9.32 Å². The number of nitrogens with one attached hydrogen (secondary N) is 1. The fourth-order valence-corrected chi connectivity index (χ4v) is 3.43. The zero-order valence-electron chi connectivity index (χ0n) is 14.5. The van der Waals surface area contributed by atoms with Crippen molar-refractivity contribution in [2.75, 3.05) is 0 Å². The van der Waals surface area contributed by atoms with Crippen molar-refractivity contribution in [2.24, 2.45) is 5.92 Å². The third-order valence-electron chi connectivity index (χ3n) is 5.32. The highest BCUT2D eigenvalue weighted by atomic mass is 16.5. The molecule has 0 spiro atoms. The van der Waals surface area contributed by atoms with Gasteiger partial charge in [0.25, 0.3) is 0 Å². The van der Waals surface area contributed by atoms with E-state index in [0.29, 0.717) is 30.6 Å². The van der Waals surface area contributed by atoms with Gasteiger partial charge in [-0.15, -0.1) is 0 Å². The maximum Gasteiger partial charge on any atom is 0.226 e. The highest BCUT2D eigenvalue weighted by Crippen LogP contribution is 2.38. The Morgan fingerprint density at radius 2 is 2.00 bits per heavy atom. The highest BCUT2D eigenvalue weighted by Gasteiger charge is 2.30. The van der Waals surface area contributed by atoms with E-state index in [2.05, 4.69) is 27.6 Å². The molecule has 0 saturated heterocycles. The zero-order chi connectivity index (χ0) is 17.1. The van der Waals surface area contributed by atoms with Crippen molar-refractivity contribution in [3.63, 3.8) is 0 Å². The number of aromatic nitrogens is 2. The Hall–Kier alpha value is -2.17. The van der Waals surface area contributed by atoms with Crippen LogP contribution in [-0.4, -0.2) is 16.0 Å². The first-order valence-electron chi connectivity index (χ1n) is 9.46. The van der Waals surface area contributed by atoms with Gasteiger partial charge in [-0.05, 0) is 43.6 Å². The molecule has 0 radical (unpaired) electrons. The fraction of sp³-hybridized carbons (Fsp3) is 0.550. The first-order chi connectivity index (χ1) is 12.3. The summed E-state index contributed by atoms with van der Waals surface area (Å²) in [4.78, 5) is 16.8. The molecule has 2 saturated carbocycles. The summed E-state index contributed by atoms with van der Waals surface area (Å²) in [6.45, 7) is 0. The third kappa shape index (κ3) is 4.09. The molecule has 0 bridgehead atoms. The highest BCUT2D eigenvalue weighted by molar-refractivity contribution is 5.76. The number of hydrogen-bond acceptors (Lipinski definition) is 4. The van der Waals surface area contributed by atoms with Gasteiger partial charge in [-0.1, -0.05) is 41.9 Å². The predicted octanol–water partition coefficient (Wildman–Crippen LogP) is 3.93. The maximum atomic E-state index is 12.4. The molecule has 1 aromatic carbocycles. The van der Waals surface area contributed by atoms with Crippen molar-refractivity contribution in [3.05, 3.63) is 47.6 Å². The molecule has 1 amide bonds. The van der Waals surface area contributed by atoms with Crippen LogP contribution in [0, 0.1) is 5.92 Å². The Kier molecular flexibility index (Phi) is 4.81. The van der Waals surface area contributed by atoms with Crippen LogP contribution < -0.4 is 5.32 Å². The van der Waals surface area contributed by atoms with Gasteiger partial charge in [0.05, 0.1) is 6.04 Å². The number of benzene rings is 1. The summed E-state index contributed by atoms with van der Waals surface area (Å²) < 4.78 is 5.27. The van der Waals surface area contributed by atoms with E-state index in [-0.39, 0.29) is 11.9 Å². The predicted molar refractivity (Wildman–Crippen MR) is 93.9 cm³/mol. The Labute approximate surface area is 148 Å². The van der Waals surface area contributed by atoms with Gasteiger partial charge >= 0.3 is 0 Å². The average molecular weight is 339 g/mol. The molecule has 1 aromatic heterocycles. The second-order valence-electron chi connectivity index (χ2n) is 7.32. The minimum atomic E-state index is 0.114. The van der Waals surface area contributed by atoms with Crippen molar-refractivity contribution in [1.29, 1.82) is 0 Å². The van der Waals surface area contributed by atoms with E-state index in [4.69, 9.17) is 4.52 Å². The van der Waals surface area contributed by atoms with E-state index in [0.717, 1.165) is 12.2 Å². The molecule has 4 rings (SSSR count). The van der Waals surface area contributed by atoms with Crippen LogP contribution in [0.5, 0.6) is 0 Å². The molecule has 132 valence electrons. The minimum Gasteiger partial charge on any atom is -0.349 e. The third-order valence-corrected chi connectivity index (χ3v) is 5.32. The number of carbonyl (C=O) groups is 1. The molecule has 0 aliphatic heterocycles. The molecular weight excluding hydrogens is 314 g/mol. The fourth-order valence-electron chi connectivity index (χ4n) is 3.43. The van der Waals surface area contributed by atoms with E-state index >= 15 is 0 Å². The van der Waals surface area contributed by atoms with Crippen molar-refractivity contribution in [2.45, 2.75) is 63.3 Å². The molecule has 0 unspecified atom stereocenters. The summed E-state index contributed by atoms with van der Waals surface area (Å²) in [6, 6.07) is 10.5. The van der Waals surface area contributed by atoms with Crippen LogP contribution in [0.4, 0.5) is 0 Å². The van der Waals surface area contributed by atoms with Crippen LogP contribution >= 0.6 is 0 Å². The summed E-state index contributed by atoms with van der Waals surface area (Å²) >= 11 is 0. The van der Waals surface area contributed by atoms with E-state index in [9.17, 15) is 4.79 Å². The van der Waals surface area contributed by atoms with Crippen LogP contribution in [-0.2, 0) is 11.2 Å². The van der Waals surface area contributed by atoms with E-state index < -0.39 is 0 Å². The first-order valence-corrected chi connectivity index (χ1v) is 9.46. The maximum absolute atomic E-state index is 12.4. The van der Waals surface area contributed by atoms with Gasteiger partial charge < -0.3 is 9.84 Å². The van der Waals surface area contributed by atoms with E-state index in [1.165, 1.54) is 37.7 Å². The molecule has 2 aliphatic rings. The topological polar surface area (TPSA) is 68.0 Å². The standard InChI is InChI=1S/C20H25N3O2/c24-17(10-5-11-18-22-20(23-25-18)16-12-13-16)21-19(15-8-4-9-15)14-6-2-1-3-7-14/h1-3,6-7,15-16,19H,4-5,8-13H2,(H,21,24)/t19-/m1/s1. The molecule has 1 N–H and O–H groups in total. The number of amides is 1. The number of carbonyl (C=O) groups excluding carboxylic acids is 1. The van der Waals surface area contributed by atoms with Gasteiger partial charge in [-0.3, -0.25) is 4.79 Å². The molecule has 1 atom stereocenters. The molecular formula is C20H25N3O2. The van der Waals surface area contributed by atoms with Gasteiger partial charge in [-0.2, -0.15) is 4.98 Å². The monoisotopic (exact) mass is 339 g/mol. The first kappa shape index (κ1) is 16.3. The Morgan fingerprint density at radius 1 is 1.20 bits per heavy atom. The lowest BCUT2D eigenvalue weighted by Crippen LogP contribution is -2.36. The SMILES string of the molecule is O=C(CCCc1nc(C2CC2)no1)N[C@H](c1ccccc1)C1CCC1. The second kappa shape index (κ2) is 7.38. The lowest BCUT2D eigenvalue weighted by Gasteiger charge is -2.34. The van der Waals surface area contributed by atoms with Crippen molar-refractivity contribution in [1.82, 2.24) is 15.5 Å². The molecule has 5 nitrogen and oxygen atoms in total. The lowest BCUT2D eigenvalue weighted by molar-refractivity contribution is -0.122. The summed E-state index contributed by atoms with van der Waals surface area (Å²) in [7, 11) is 0. The van der Waals surface area contributed by atoms with Crippen LogP contribution in [0.2, 0.25) is 0 Å². The summed E-state index contributed by atoms with van der Waals surface area (Å²) in [5.74, 6) is 2.70. The molecule has 2 fully saturated rings. The number of aryl methyl sites for hydroxylation is 1. The zero-order valence-corrected chi connectivity index (χ0v) is 14.5. The quantitative estimate of drug-likeness (QED) is 0.791.